The van der Waals surface area contributed by atoms with Crippen molar-refractivity contribution in [2.45, 2.75) is 6.42 Å². The standard InChI is InChI=1S/C14H18N4O2/c1-18-8-7-17-13(18)5-6-16-10-3-4-12(15)11(9-10)14(19)20-2/h3-4,7-9,16H,5-6,15H2,1-2H3. The molecule has 0 aliphatic carbocycles. The molecule has 1 aromatic carbocycles. The van der Waals surface area contributed by atoms with Gasteiger partial charge in [0.05, 0.1) is 12.7 Å². The number of rotatable bonds is 5. The van der Waals surface area contributed by atoms with Crippen LogP contribution in [0, 0.1) is 0 Å². The van der Waals surface area contributed by atoms with Crippen molar-refractivity contribution in [3.63, 3.8) is 0 Å². The Morgan fingerprint density at radius 2 is 2.30 bits per heavy atom. The summed E-state index contributed by atoms with van der Waals surface area (Å²) in [4.78, 5) is 15.8. The van der Waals surface area contributed by atoms with Gasteiger partial charge in [0.25, 0.3) is 0 Å². The number of nitrogens with zero attached hydrogens (tertiary/aromatic N) is 2. The minimum atomic E-state index is -0.435. The number of ether oxygens (including phenoxy) is 1. The fourth-order valence-electron chi connectivity index (χ4n) is 1.91. The van der Waals surface area contributed by atoms with Crippen molar-refractivity contribution in [1.29, 1.82) is 0 Å². The number of imidazole rings is 1. The third-order valence-electron chi connectivity index (χ3n) is 3.06. The van der Waals surface area contributed by atoms with E-state index in [4.69, 9.17) is 10.5 Å². The third-order valence-corrected chi connectivity index (χ3v) is 3.06. The topological polar surface area (TPSA) is 82.2 Å². The van der Waals surface area contributed by atoms with Crippen molar-refractivity contribution in [3.05, 3.63) is 42.0 Å². The highest BCUT2D eigenvalue weighted by atomic mass is 16.5. The van der Waals surface area contributed by atoms with E-state index >= 15 is 0 Å². The lowest BCUT2D eigenvalue weighted by Crippen LogP contribution is -2.10. The Morgan fingerprint density at radius 3 is 2.95 bits per heavy atom. The predicted octanol–water partition coefficient (Wildman–Crippen LogP) is 1.44. The van der Waals surface area contributed by atoms with E-state index in [0.717, 1.165) is 24.5 Å². The molecule has 2 rings (SSSR count). The molecular weight excluding hydrogens is 256 g/mol. The third kappa shape index (κ3) is 3.09. The van der Waals surface area contributed by atoms with Crippen molar-refractivity contribution >= 4 is 17.3 Å². The smallest absolute Gasteiger partial charge is 0.340 e. The first-order chi connectivity index (χ1) is 9.61. The molecule has 1 aromatic heterocycles. The van der Waals surface area contributed by atoms with E-state index in [9.17, 15) is 4.79 Å². The Kier molecular flexibility index (Phi) is 4.24. The molecule has 0 saturated heterocycles. The summed E-state index contributed by atoms with van der Waals surface area (Å²) in [7, 11) is 3.30. The lowest BCUT2D eigenvalue weighted by atomic mass is 10.1. The van der Waals surface area contributed by atoms with Crippen LogP contribution in [-0.2, 0) is 18.2 Å². The molecule has 6 nitrogen and oxygen atoms in total. The molecule has 0 bridgehead atoms. The number of aromatic nitrogens is 2. The van der Waals surface area contributed by atoms with Crippen molar-refractivity contribution in [1.82, 2.24) is 9.55 Å². The Labute approximate surface area is 117 Å². The van der Waals surface area contributed by atoms with Crippen molar-refractivity contribution in [3.8, 4) is 0 Å². The van der Waals surface area contributed by atoms with E-state index in [1.807, 2.05) is 23.9 Å². The zero-order chi connectivity index (χ0) is 14.5. The van der Waals surface area contributed by atoms with Gasteiger partial charge in [-0.25, -0.2) is 9.78 Å². The first-order valence-corrected chi connectivity index (χ1v) is 6.29. The second kappa shape index (κ2) is 6.10. The van der Waals surface area contributed by atoms with Gasteiger partial charge in [0.2, 0.25) is 0 Å². The number of nitrogens with one attached hydrogen (secondary N) is 1. The Bertz CT molecular complexity index is 607. The van der Waals surface area contributed by atoms with Gasteiger partial charge < -0.3 is 20.4 Å². The van der Waals surface area contributed by atoms with Gasteiger partial charge >= 0.3 is 5.97 Å². The van der Waals surface area contributed by atoms with Gasteiger partial charge in [-0.05, 0) is 18.2 Å². The van der Waals surface area contributed by atoms with Crippen molar-refractivity contribution in [2.75, 3.05) is 24.7 Å². The number of carbonyl (C=O) groups excluding carboxylic acids is 1. The number of hydrogen-bond acceptors (Lipinski definition) is 5. The van der Waals surface area contributed by atoms with Crippen LogP contribution in [0.15, 0.2) is 30.6 Å². The summed E-state index contributed by atoms with van der Waals surface area (Å²) in [5, 5.41) is 3.24. The van der Waals surface area contributed by atoms with Gasteiger partial charge in [0.1, 0.15) is 5.82 Å². The monoisotopic (exact) mass is 274 g/mol. The summed E-state index contributed by atoms with van der Waals surface area (Å²) in [6.07, 6.45) is 4.48. The van der Waals surface area contributed by atoms with Crippen LogP contribution < -0.4 is 11.1 Å². The predicted molar refractivity (Wildman–Crippen MR) is 77.6 cm³/mol. The highest BCUT2D eigenvalue weighted by Crippen LogP contribution is 2.18. The van der Waals surface area contributed by atoms with E-state index in [1.165, 1.54) is 7.11 Å². The summed E-state index contributed by atoms with van der Waals surface area (Å²) in [5.41, 5.74) is 7.36. The van der Waals surface area contributed by atoms with Gasteiger partial charge in [-0.1, -0.05) is 0 Å². The SMILES string of the molecule is COC(=O)c1cc(NCCc2nccn2C)ccc1N. The Balaban J connectivity index is 2.00. The molecule has 2 aromatic rings. The van der Waals surface area contributed by atoms with E-state index in [-0.39, 0.29) is 0 Å². The Morgan fingerprint density at radius 1 is 1.50 bits per heavy atom. The second-order valence-corrected chi connectivity index (χ2v) is 4.42. The molecule has 6 heteroatoms. The number of methoxy groups -OCH3 is 1. The summed E-state index contributed by atoms with van der Waals surface area (Å²) >= 11 is 0. The number of anilines is 2. The average Bonchev–Trinajstić information content (AvgIpc) is 2.85. The minimum Gasteiger partial charge on any atom is -0.465 e. The van der Waals surface area contributed by atoms with Gasteiger partial charge in [-0.15, -0.1) is 0 Å². The van der Waals surface area contributed by atoms with E-state index in [1.54, 1.807) is 18.3 Å². The number of hydrogen-bond donors (Lipinski definition) is 2. The highest BCUT2D eigenvalue weighted by molar-refractivity contribution is 5.96. The summed E-state index contributed by atoms with van der Waals surface area (Å²) in [6, 6.07) is 5.22. The molecular formula is C14H18N4O2. The Hall–Kier alpha value is -2.50. The number of nitrogens with two attached hydrogens (primary N) is 1. The fourth-order valence-corrected chi connectivity index (χ4v) is 1.91. The zero-order valence-corrected chi connectivity index (χ0v) is 11.6. The zero-order valence-electron chi connectivity index (χ0n) is 11.6. The average molecular weight is 274 g/mol. The van der Waals surface area contributed by atoms with Gasteiger partial charge in [-0.2, -0.15) is 0 Å². The van der Waals surface area contributed by atoms with Crippen LogP contribution >= 0.6 is 0 Å². The van der Waals surface area contributed by atoms with Gasteiger partial charge in [0.15, 0.2) is 0 Å². The molecule has 3 N–H and O–H groups in total. The first kappa shape index (κ1) is 13.9. The lowest BCUT2D eigenvalue weighted by Gasteiger charge is -2.09. The lowest BCUT2D eigenvalue weighted by molar-refractivity contribution is 0.0602. The second-order valence-electron chi connectivity index (χ2n) is 4.42. The highest BCUT2D eigenvalue weighted by Gasteiger charge is 2.10. The molecule has 0 spiro atoms. The number of nitrogen functional groups attached to an aromatic ring is 1. The maximum absolute atomic E-state index is 11.5. The summed E-state index contributed by atoms with van der Waals surface area (Å²) in [6.45, 7) is 0.718. The van der Waals surface area contributed by atoms with Crippen LogP contribution in [-0.4, -0.2) is 29.2 Å². The fraction of sp³-hybridized carbons (Fsp3) is 0.286. The molecule has 0 aliphatic heterocycles. The molecule has 0 fully saturated rings. The molecule has 0 saturated carbocycles. The van der Waals surface area contributed by atoms with Gasteiger partial charge in [-0.3, -0.25) is 0 Å². The molecule has 0 amide bonds. The summed E-state index contributed by atoms with van der Waals surface area (Å²) in [5.74, 6) is 0.566. The number of benzene rings is 1. The molecule has 0 atom stereocenters. The minimum absolute atomic E-state index is 0.370. The van der Waals surface area contributed by atoms with Crippen LogP contribution in [0.25, 0.3) is 0 Å². The van der Waals surface area contributed by atoms with Crippen LogP contribution in [0.4, 0.5) is 11.4 Å². The maximum Gasteiger partial charge on any atom is 0.340 e. The van der Waals surface area contributed by atoms with Crippen LogP contribution in [0.2, 0.25) is 0 Å². The van der Waals surface area contributed by atoms with Crippen LogP contribution in [0.5, 0.6) is 0 Å². The van der Waals surface area contributed by atoms with Crippen LogP contribution in [0.1, 0.15) is 16.2 Å². The van der Waals surface area contributed by atoms with E-state index < -0.39 is 5.97 Å². The molecule has 1 heterocycles. The molecule has 106 valence electrons. The molecule has 0 unspecified atom stereocenters. The van der Waals surface area contributed by atoms with Crippen molar-refractivity contribution < 1.29 is 9.53 Å². The quantitative estimate of drug-likeness (QED) is 0.637. The van der Waals surface area contributed by atoms with Gasteiger partial charge in [0, 0.05) is 43.8 Å². The first-order valence-electron chi connectivity index (χ1n) is 6.29. The maximum atomic E-state index is 11.5. The number of aryl methyl sites for hydroxylation is 1. The molecule has 0 aliphatic rings. The van der Waals surface area contributed by atoms with E-state index in [2.05, 4.69) is 10.3 Å². The number of esters is 1. The normalized spacial score (nSPS) is 10.3. The van der Waals surface area contributed by atoms with Crippen LogP contribution in [0.3, 0.4) is 0 Å². The van der Waals surface area contributed by atoms with Crippen molar-refractivity contribution in [2.24, 2.45) is 7.05 Å². The largest absolute Gasteiger partial charge is 0.465 e. The van der Waals surface area contributed by atoms with E-state index in [0.29, 0.717) is 11.3 Å². The molecule has 0 radical (unpaired) electrons. The number of carbonyl (C=O) groups is 1. The summed E-state index contributed by atoms with van der Waals surface area (Å²) < 4.78 is 6.67. The molecule has 20 heavy (non-hydrogen) atoms.